The van der Waals surface area contributed by atoms with Gasteiger partial charge in [0.05, 0.1) is 25.9 Å². The van der Waals surface area contributed by atoms with Crippen molar-refractivity contribution in [2.75, 3.05) is 20.8 Å². The average molecular weight is 279 g/mol. The Morgan fingerprint density at radius 3 is 2.55 bits per heavy atom. The monoisotopic (exact) mass is 279 g/mol. The van der Waals surface area contributed by atoms with Crippen LogP contribution in [0.4, 0.5) is 0 Å². The Labute approximate surface area is 121 Å². The lowest BCUT2D eigenvalue weighted by Crippen LogP contribution is -2.59. The fourth-order valence-corrected chi connectivity index (χ4v) is 2.43. The molecule has 1 aliphatic rings. The summed E-state index contributed by atoms with van der Waals surface area (Å²) >= 11 is 0. The standard InChI is InChI=1S/C16H25NO3/c1-4-9-19-16-14(17-2)10-15(16)20-11-12-5-7-13(18-3)8-6-12/h5-8,14-17H,4,9-11H2,1-3H3. The highest BCUT2D eigenvalue weighted by Crippen LogP contribution is 2.28. The summed E-state index contributed by atoms with van der Waals surface area (Å²) in [6.07, 6.45) is 2.43. The highest BCUT2D eigenvalue weighted by atomic mass is 16.5. The van der Waals surface area contributed by atoms with Crippen LogP contribution in [0, 0.1) is 0 Å². The maximum atomic E-state index is 5.97. The SMILES string of the molecule is CCCOC1C(NC)CC1OCc1ccc(OC)cc1. The summed E-state index contributed by atoms with van der Waals surface area (Å²) in [6.45, 7) is 3.54. The van der Waals surface area contributed by atoms with E-state index in [-0.39, 0.29) is 12.2 Å². The van der Waals surface area contributed by atoms with E-state index >= 15 is 0 Å². The summed E-state index contributed by atoms with van der Waals surface area (Å²) in [5, 5.41) is 3.28. The predicted molar refractivity (Wildman–Crippen MR) is 79.1 cm³/mol. The smallest absolute Gasteiger partial charge is 0.118 e. The lowest BCUT2D eigenvalue weighted by atomic mass is 9.85. The van der Waals surface area contributed by atoms with E-state index in [9.17, 15) is 0 Å². The quantitative estimate of drug-likeness (QED) is 0.793. The van der Waals surface area contributed by atoms with Gasteiger partial charge in [-0.25, -0.2) is 0 Å². The summed E-state index contributed by atoms with van der Waals surface area (Å²) in [5.74, 6) is 0.872. The van der Waals surface area contributed by atoms with E-state index in [0.29, 0.717) is 12.6 Å². The maximum absolute atomic E-state index is 5.97. The van der Waals surface area contributed by atoms with Crippen LogP contribution < -0.4 is 10.1 Å². The third kappa shape index (κ3) is 3.72. The molecule has 1 aliphatic carbocycles. The lowest BCUT2D eigenvalue weighted by Gasteiger charge is -2.43. The Balaban J connectivity index is 1.80. The van der Waals surface area contributed by atoms with Gasteiger partial charge in [0.25, 0.3) is 0 Å². The van der Waals surface area contributed by atoms with Crippen LogP contribution in [0.1, 0.15) is 25.3 Å². The van der Waals surface area contributed by atoms with Crippen LogP contribution >= 0.6 is 0 Å². The van der Waals surface area contributed by atoms with Crippen molar-refractivity contribution in [1.82, 2.24) is 5.32 Å². The van der Waals surface area contributed by atoms with Crippen molar-refractivity contribution >= 4 is 0 Å². The van der Waals surface area contributed by atoms with Gasteiger partial charge in [0.1, 0.15) is 5.75 Å². The molecule has 1 aromatic rings. The zero-order chi connectivity index (χ0) is 14.4. The van der Waals surface area contributed by atoms with Gasteiger partial charge in [-0.05, 0) is 37.6 Å². The van der Waals surface area contributed by atoms with Gasteiger partial charge in [0.2, 0.25) is 0 Å². The first-order chi connectivity index (χ1) is 9.78. The van der Waals surface area contributed by atoms with Gasteiger partial charge in [0.15, 0.2) is 0 Å². The molecule has 2 rings (SSSR count). The van der Waals surface area contributed by atoms with Crippen LogP contribution in [0.15, 0.2) is 24.3 Å². The minimum Gasteiger partial charge on any atom is -0.497 e. The Morgan fingerprint density at radius 2 is 1.95 bits per heavy atom. The highest BCUT2D eigenvalue weighted by Gasteiger charge is 2.41. The van der Waals surface area contributed by atoms with Crippen molar-refractivity contribution in [2.45, 2.75) is 44.6 Å². The van der Waals surface area contributed by atoms with Crippen LogP contribution in [0.2, 0.25) is 0 Å². The molecule has 0 heterocycles. The zero-order valence-electron chi connectivity index (χ0n) is 12.6. The van der Waals surface area contributed by atoms with Gasteiger partial charge in [-0.3, -0.25) is 0 Å². The molecule has 3 atom stereocenters. The molecule has 0 aliphatic heterocycles. The van der Waals surface area contributed by atoms with Gasteiger partial charge in [-0.2, -0.15) is 0 Å². The van der Waals surface area contributed by atoms with E-state index in [1.165, 1.54) is 0 Å². The molecular weight excluding hydrogens is 254 g/mol. The topological polar surface area (TPSA) is 39.7 Å². The van der Waals surface area contributed by atoms with Gasteiger partial charge in [-0.15, -0.1) is 0 Å². The highest BCUT2D eigenvalue weighted by molar-refractivity contribution is 5.26. The summed E-state index contributed by atoms with van der Waals surface area (Å²) in [7, 11) is 3.65. The number of hydrogen-bond donors (Lipinski definition) is 1. The summed E-state index contributed by atoms with van der Waals surface area (Å²) in [4.78, 5) is 0. The number of rotatable bonds is 8. The average Bonchev–Trinajstić information content (AvgIpc) is 2.47. The molecule has 1 aromatic carbocycles. The van der Waals surface area contributed by atoms with Crippen LogP contribution in [0.25, 0.3) is 0 Å². The second-order valence-corrected chi connectivity index (χ2v) is 5.16. The molecular formula is C16H25NO3. The van der Waals surface area contributed by atoms with Crippen LogP contribution in [0.3, 0.4) is 0 Å². The van der Waals surface area contributed by atoms with Gasteiger partial charge in [-0.1, -0.05) is 19.1 Å². The molecule has 0 spiro atoms. The fourth-order valence-electron chi connectivity index (χ4n) is 2.43. The first-order valence-electron chi connectivity index (χ1n) is 7.31. The molecule has 0 saturated heterocycles. The molecule has 0 radical (unpaired) electrons. The molecule has 4 nitrogen and oxygen atoms in total. The Bertz CT molecular complexity index is 393. The molecule has 0 bridgehead atoms. The van der Waals surface area contributed by atoms with E-state index in [1.807, 2.05) is 31.3 Å². The third-order valence-corrected chi connectivity index (χ3v) is 3.76. The van der Waals surface area contributed by atoms with Gasteiger partial charge >= 0.3 is 0 Å². The van der Waals surface area contributed by atoms with Crippen LogP contribution in [-0.2, 0) is 16.1 Å². The molecule has 3 unspecified atom stereocenters. The van der Waals surface area contributed by atoms with Gasteiger partial charge in [0, 0.05) is 12.6 Å². The van der Waals surface area contributed by atoms with E-state index in [2.05, 4.69) is 12.2 Å². The van der Waals surface area contributed by atoms with Crippen molar-refractivity contribution in [1.29, 1.82) is 0 Å². The van der Waals surface area contributed by atoms with E-state index in [4.69, 9.17) is 14.2 Å². The predicted octanol–water partition coefficient (Wildman–Crippen LogP) is 2.37. The first-order valence-corrected chi connectivity index (χ1v) is 7.31. The van der Waals surface area contributed by atoms with E-state index < -0.39 is 0 Å². The molecule has 1 fully saturated rings. The maximum Gasteiger partial charge on any atom is 0.118 e. The number of hydrogen-bond acceptors (Lipinski definition) is 4. The Hall–Kier alpha value is -1.10. The summed E-state index contributed by atoms with van der Waals surface area (Å²) < 4.78 is 17.0. The Morgan fingerprint density at radius 1 is 1.20 bits per heavy atom. The molecule has 4 heteroatoms. The van der Waals surface area contributed by atoms with Crippen molar-refractivity contribution in [3.05, 3.63) is 29.8 Å². The zero-order valence-corrected chi connectivity index (χ0v) is 12.6. The molecule has 112 valence electrons. The van der Waals surface area contributed by atoms with Gasteiger partial charge < -0.3 is 19.5 Å². The number of methoxy groups -OCH3 is 1. The molecule has 0 amide bonds. The first kappa shape index (κ1) is 15.3. The van der Waals surface area contributed by atoms with Crippen molar-refractivity contribution in [3.63, 3.8) is 0 Å². The van der Waals surface area contributed by atoms with Crippen molar-refractivity contribution in [3.8, 4) is 5.75 Å². The summed E-state index contributed by atoms with van der Waals surface area (Å²) in [5.41, 5.74) is 1.16. The van der Waals surface area contributed by atoms with Crippen LogP contribution in [0.5, 0.6) is 5.75 Å². The number of ether oxygens (including phenoxy) is 3. The Kier molecular flexibility index (Phi) is 5.83. The second kappa shape index (κ2) is 7.62. The molecule has 20 heavy (non-hydrogen) atoms. The molecule has 1 saturated carbocycles. The van der Waals surface area contributed by atoms with Crippen molar-refractivity contribution < 1.29 is 14.2 Å². The summed E-state index contributed by atoms with van der Waals surface area (Å²) in [6, 6.07) is 8.41. The largest absolute Gasteiger partial charge is 0.497 e. The minimum absolute atomic E-state index is 0.179. The number of benzene rings is 1. The second-order valence-electron chi connectivity index (χ2n) is 5.16. The third-order valence-electron chi connectivity index (χ3n) is 3.76. The minimum atomic E-state index is 0.179. The number of nitrogens with one attached hydrogen (secondary N) is 1. The number of likely N-dealkylation sites (N-methyl/N-ethyl adjacent to an activating group) is 1. The van der Waals surface area contributed by atoms with E-state index in [0.717, 1.165) is 30.8 Å². The fraction of sp³-hybridized carbons (Fsp3) is 0.625. The van der Waals surface area contributed by atoms with Crippen LogP contribution in [-0.4, -0.2) is 39.0 Å². The lowest BCUT2D eigenvalue weighted by molar-refractivity contribution is -0.150. The normalized spacial score (nSPS) is 25.2. The molecule has 0 aromatic heterocycles. The van der Waals surface area contributed by atoms with Crippen molar-refractivity contribution in [2.24, 2.45) is 0 Å². The van der Waals surface area contributed by atoms with E-state index in [1.54, 1.807) is 7.11 Å². The molecule has 1 N–H and O–H groups in total.